The van der Waals surface area contributed by atoms with Gasteiger partial charge in [0.1, 0.15) is 17.9 Å². The van der Waals surface area contributed by atoms with E-state index in [-0.39, 0.29) is 34.1 Å². The highest BCUT2D eigenvalue weighted by molar-refractivity contribution is 6.32. The zero-order valence-corrected chi connectivity index (χ0v) is 22.4. The van der Waals surface area contributed by atoms with Crippen LogP contribution in [0.3, 0.4) is 0 Å². The zero-order chi connectivity index (χ0) is 25.9. The number of benzene rings is 1. The van der Waals surface area contributed by atoms with Gasteiger partial charge in [-0.15, -0.1) is 0 Å². The maximum Gasteiger partial charge on any atom is 0.254 e. The van der Waals surface area contributed by atoms with Crippen molar-refractivity contribution in [3.8, 4) is 6.07 Å². The number of ether oxygens (including phenoxy) is 1. The summed E-state index contributed by atoms with van der Waals surface area (Å²) in [6, 6.07) is 10.6. The maximum absolute atomic E-state index is 13.5. The standard InChI is InChI=1S/C27H31ClN4O2.C2H6/c1-3-21(14-23(28)18(2)17-29)34-22-15-25-27(16-22)9-8-24(27)32(25)26(33)19-4-6-20(7-5-19)31-12-10-30-11-13-31;1-2/h3-7,14,22,24-25,30H,2,8-13,15-16H2,1H3;1-2H3/b21-3+,23-14+;. The van der Waals surface area contributed by atoms with Crippen molar-refractivity contribution in [3.05, 3.63) is 64.9 Å². The van der Waals surface area contributed by atoms with E-state index < -0.39 is 0 Å². The van der Waals surface area contributed by atoms with E-state index in [1.165, 1.54) is 5.69 Å². The molecule has 4 aliphatic rings. The smallest absolute Gasteiger partial charge is 0.254 e. The van der Waals surface area contributed by atoms with Gasteiger partial charge < -0.3 is 19.9 Å². The van der Waals surface area contributed by atoms with E-state index >= 15 is 0 Å². The van der Waals surface area contributed by atoms with E-state index in [9.17, 15) is 4.79 Å². The zero-order valence-electron chi connectivity index (χ0n) is 21.6. The van der Waals surface area contributed by atoms with Gasteiger partial charge in [0.25, 0.3) is 5.91 Å². The van der Waals surface area contributed by atoms with Gasteiger partial charge in [-0.3, -0.25) is 4.79 Å². The summed E-state index contributed by atoms with van der Waals surface area (Å²) in [6.45, 7) is 13.5. The number of hydrogen-bond donors (Lipinski definition) is 1. The lowest BCUT2D eigenvalue weighted by atomic mass is 9.53. The van der Waals surface area contributed by atoms with E-state index in [0.717, 1.165) is 57.4 Å². The van der Waals surface area contributed by atoms with Crippen molar-refractivity contribution in [2.24, 2.45) is 5.41 Å². The molecule has 2 saturated heterocycles. The predicted molar refractivity (Wildman–Crippen MR) is 145 cm³/mol. The van der Waals surface area contributed by atoms with Crippen molar-refractivity contribution in [1.29, 1.82) is 5.26 Å². The highest BCUT2D eigenvalue weighted by atomic mass is 35.5. The van der Waals surface area contributed by atoms with Crippen molar-refractivity contribution in [3.63, 3.8) is 0 Å². The summed E-state index contributed by atoms with van der Waals surface area (Å²) in [5.74, 6) is 0.777. The second-order valence-corrected chi connectivity index (χ2v) is 10.2. The highest BCUT2D eigenvalue weighted by Gasteiger charge is 2.71. The average Bonchev–Trinajstić information content (AvgIpc) is 3.29. The summed E-state index contributed by atoms with van der Waals surface area (Å²) in [4.78, 5) is 17.9. The van der Waals surface area contributed by atoms with Gasteiger partial charge in [0.2, 0.25) is 0 Å². The second-order valence-electron chi connectivity index (χ2n) is 9.75. The second kappa shape index (κ2) is 11.1. The average molecular weight is 509 g/mol. The van der Waals surface area contributed by atoms with Crippen molar-refractivity contribution < 1.29 is 9.53 Å². The van der Waals surface area contributed by atoms with Crippen LogP contribution in [-0.4, -0.2) is 55.2 Å². The molecular weight excluding hydrogens is 472 g/mol. The Kier molecular flexibility index (Phi) is 8.12. The molecule has 0 bridgehead atoms. The predicted octanol–water partition coefficient (Wildman–Crippen LogP) is 5.38. The molecule has 4 fully saturated rings. The van der Waals surface area contributed by atoms with Crippen molar-refractivity contribution in [1.82, 2.24) is 10.2 Å². The van der Waals surface area contributed by atoms with Gasteiger partial charge in [0.15, 0.2) is 0 Å². The molecule has 4 atom stereocenters. The highest BCUT2D eigenvalue weighted by Crippen LogP contribution is 2.66. The van der Waals surface area contributed by atoms with Gasteiger partial charge in [0, 0.05) is 61.3 Å². The molecule has 1 spiro atoms. The Labute approximate surface area is 220 Å². The Morgan fingerprint density at radius 3 is 2.53 bits per heavy atom. The van der Waals surface area contributed by atoms with Crippen LogP contribution in [0.25, 0.3) is 0 Å². The summed E-state index contributed by atoms with van der Waals surface area (Å²) in [6.07, 6.45) is 7.54. The molecule has 0 radical (unpaired) electrons. The van der Waals surface area contributed by atoms with Crippen molar-refractivity contribution in [2.45, 2.75) is 64.6 Å². The molecule has 7 heteroatoms. The van der Waals surface area contributed by atoms with E-state index in [4.69, 9.17) is 21.6 Å². The van der Waals surface area contributed by atoms with Gasteiger partial charge >= 0.3 is 0 Å². The lowest BCUT2D eigenvalue weighted by molar-refractivity contribution is -0.161. The monoisotopic (exact) mass is 508 g/mol. The number of carbonyl (C=O) groups excluding carboxylic acids is 1. The van der Waals surface area contributed by atoms with E-state index in [1.54, 1.807) is 6.08 Å². The molecule has 192 valence electrons. The first-order valence-electron chi connectivity index (χ1n) is 13.1. The number of rotatable bonds is 6. The molecule has 1 amide bonds. The Morgan fingerprint density at radius 2 is 1.94 bits per heavy atom. The largest absolute Gasteiger partial charge is 0.491 e. The number of nitrogens with one attached hydrogen (secondary N) is 1. The Morgan fingerprint density at radius 1 is 1.25 bits per heavy atom. The third kappa shape index (κ3) is 4.67. The molecule has 5 rings (SSSR count). The fourth-order valence-electron chi connectivity index (χ4n) is 6.24. The summed E-state index contributed by atoms with van der Waals surface area (Å²) in [5.41, 5.74) is 2.36. The van der Waals surface area contributed by atoms with Crippen LogP contribution in [0.1, 0.15) is 56.8 Å². The van der Waals surface area contributed by atoms with Crippen molar-refractivity contribution >= 4 is 23.2 Å². The maximum atomic E-state index is 13.5. The van der Waals surface area contributed by atoms with E-state index in [1.807, 2.05) is 45.0 Å². The SMILES string of the molecule is C=C(C#N)/C(Cl)=C\C(=C/C)OC1CC2N(C(=O)c3ccc(N4CCNCC4)cc3)C3CCC32C1.CC. The van der Waals surface area contributed by atoms with Gasteiger partial charge in [0.05, 0.1) is 10.6 Å². The minimum absolute atomic E-state index is 0.0305. The molecule has 2 saturated carbocycles. The third-order valence-corrected chi connectivity index (χ3v) is 8.42. The van der Waals surface area contributed by atoms with Gasteiger partial charge in [-0.2, -0.15) is 5.26 Å². The minimum atomic E-state index is 0.0305. The molecule has 1 aromatic carbocycles. The summed E-state index contributed by atoms with van der Waals surface area (Å²) in [5, 5.41) is 12.7. The van der Waals surface area contributed by atoms with Crippen LogP contribution in [0.5, 0.6) is 0 Å². The summed E-state index contributed by atoms with van der Waals surface area (Å²) < 4.78 is 6.27. The molecule has 6 nitrogen and oxygen atoms in total. The first-order chi connectivity index (χ1) is 17.5. The summed E-state index contributed by atoms with van der Waals surface area (Å²) >= 11 is 6.17. The van der Waals surface area contributed by atoms with Crippen molar-refractivity contribution in [2.75, 3.05) is 31.1 Å². The molecule has 2 heterocycles. The number of nitrogens with zero attached hydrogens (tertiary/aromatic N) is 3. The Bertz CT molecular complexity index is 1080. The lowest BCUT2D eigenvalue weighted by Gasteiger charge is -2.68. The van der Waals surface area contributed by atoms with E-state index in [2.05, 4.69) is 33.8 Å². The Balaban J connectivity index is 0.00000148. The van der Waals surface area contributed by atoms with Crippen LogP contribution in [0.4, 0.5) is 5.69 Å². The molecule has 36 heavy (non-hydrogen) atoms. The van der Waals surface area contributed by atoms with Crippen LogP contribution in [0.15, 0.2) is 59.4 Å². The number of hydrogen-bond acceptors (Lipinski definition) is 5. The molecule has 2 aliphatic carbocycles. The van der Waals surface area contributed by atoms with Gasteiger partial charge in [-0.05, 0) is 62.6 Å². The number of amides is 1. The molecule has 1 aromatic rings. The molecular formula is C29H37ClN4O2. The van der Waals surface area contributed by atoms with Gasteiger partial charge in [-0.1, -0.05) is 32.0 Å². The molecule has 0 aromatic heterocycles. The first-order valence-corrected chi connectivity index (χ1v) is 13.5. The Hall–Kier alpha value is -2.75. The topological polar surface area (TPSA) is 68.6 Å². The number of piperidine rings is 1. The number of halogens is 1. The van der Waals surface area contributed by atoms with Crippen LogP contribution in [-0.2, 0) is 4.74 Å². The number of carbonyl (C=O) groups is 1. The number of likely N-dealkylation sites (tertiary alicyclic amines) is 1. The van der Waals surface area contributed by atoms with E-state index in [0.29, 0.717) is 11.8 Å². The van der Waals surface area contributed by atoms with Crippen LogP contribution in [0, 0.1) is 16.7 Å². The van der Waals surface area contributed by atoms with Crippen LogP contribution < -0.4 is 10.2 Å². The quantitative estimate of drug-likeness (QED) is 0.317. The normalized spacial score (nSPS) is 28.9. The number of allylic oxidation sites excluding steroid dienone is 4. The third-order valence-electron chi connectivity index (χ3n) is 8.09. The molecule has 2 aliphatic heterocycles. The van der Waals surface area contributed by atoms with Crippen LogP contribution >= 0.6 is 11.6 Å². The molecule has 1 N–H and O–H groups in total. The number of piperazine rings is 1. The van der Waals surface area contributed by atoms with Crippen LogP contribution in [0.2, 0.25) is 0 Å². The summed E-state index contributed by atoms with van der Waals surface area (Å²) in [7, 11) is 0. The number of anilines is 1. The lowest BCUT2D eigenvalue weighted by Crippen LogP contribution is -2.75. The number of nitriles is 1. The molecule has 4 unspecified atom stereocenters. The fourth-order valence-corrected chi connectivity index (χ4v) is 6.39. The first kappa shape index (κ1) is 26.3. The minimum Gasteiger partial charge on any atom is -0.491 e. The van der Waals surface area contributed by atoms with Gasteiger partial charge in [-0.25, -0.2) is 0 Å². The fraction of sp³-hybridized carbons (Fsp3) is 0.517.